The normalized spacial score (nSPS) is 20.2. The van der Waals surface area contributed by atoms with Crippen LogP contribution in [0.1, 0.15) is 29.5 Å². The average Bonchev–Trinajstić information content (AvgIpc) is 2.99. The summed E-state index contributed by atoms with van der Waals surface area (Å²) in [6, 6.07) is 1.67. The van der Waals surface area contributed by atoms with Crippen LogP contribution in [0.2, 0.25) is 0 Å². The Kier molecular flexibility index (Phi) is 4.38. The standard InChI is InChI=1S/C13H20N2O3/c1-2-17-13(16)11-4-6-18-12(11)9-15-5-3-10(7-14)8-15/h4,6,10H,2-3,5,7-9,14H2,1H3. The maximum atomic E-state index is 11.7. The lowest BCUT2D eigenvalue weighted by Crippen LogP contribution is -2.23. The predicted molar refractivity (Wildman–Crippen MR) is 67.1 cm³/mol. The number of carbonyl (C=O) groups excluding carboxylic acids is 1. The maximum absolute atomic E-state index is 11.7. The minimum atomic E-state index is -0.309. The van der Waals surface area contributed by atoms with Crippen molar-refractivity contribution >= 4 is 5.97 Å². The molecule has 1 aromatic heterocycles. The molecule has 1 fully saturated rings. The van der Waals surface area contributed by atoms with Crippen molar-refractivity contribution in [1.82, 2.24) is 4.90 Å². The second-order valence-corrected chi connectivity index (χ2v) is 4.60. The SMILES string of the molecule is CCOC(=O)c1ccoc1CN1CCC(CN)C1. The van der Waals surface area contributed by atoms with Gasteiger partial charge in [0.2, 0.25) is 0 Å². The van der Waals surface area contributed by atoms with Crippen molar-refractivity contribution in [2.45, 2.75) is 19.9 Å². The molecule has 0 aliphatic carbocycles. The van der Waals surface area contributed by atoms with Crippen LogP contribution in [-0.4, -0.2) is 37.1 Å². The van der Waals surface area contributed by atoms with Gasteiger partial charge in [-0.25, -0.2) is 4.79 Å². The number of carbonyl (C=O) groups is 1. The molecule has 0 bridgehead atoms. The molecule has 1 unspecified atom stereocenters. The lowest BCUT2D eigenvalue weighted by atomic mass is 10.1. The Morgan fingerprint density at radius 3 is 3.17 bits per heavy atom. The van der Waals surface area contributed by atoms with E-state index in [9.17, 15) is 4.79 Å². The number of hydrogen-bond acceptors (Lipinski definition) is 5. The van der Waals surface area contributed by atoms with Gasteiger partial charge in [0.1, 0.15) is 11.3 Å². The first-order valence-electron chi connectivity index (χ1n) is 6.40. The summed E-state index contributed by atoms with van der Waals surface area (Å²) in [6.45, 7) is 5.52. The summed E-state index contributed by atoms with van der Waals surface area (Å²) in [5.41, 5.74) is 6.20. The van der Waals surface area contributed by atoms with Gasteiger partial charge in [-0.2, -0.15) is 0 Å². The fourth-order valence-electron chi connectivity index (χ4n) is 2.31. The molecule has 0 saturated carbocycles. The number of nitrogens with zero attached hydrogens (tertiary/aromatic N) is 1. The highest BCUT2D eigenvalue weighted by atomic mass is 16.5. The third-order valence-electron chi connectivity index (χ3n) is 3.31. The van der Waals surface area contributed by atoms with E-state index < -0.39 is 0 Å². The largest absolute Gasteiger partial charge is 0.467 e. The van der Waals surface area contributed by atoms with Gasteiger partial charge in [-0.3, -0.25) is 4.90 Å². The molecule has 5 nitrogen and oxygen atoms in total. The number of esters is 1. The molecule has 2 N–H and O–H groups in total. The lowest BCUT2D eigenvalue weighted by Gasteiger charge is -2.14. The number of nitrogens with two attached hydrogens (primary N) is 1. The molecule has 5 heteroatoms. The molecule has 100 valence electrons. The Bertz CT molecular complexity index is 403. The van der Waals surface area contributed by atoms with E-state index in [0.29, 0.717) is 30.4 Å². The highest BCUT2D eigenvalue weighted by molar-refractivity contribution is 5.90. The van der Waals surface area contributed by atoms with E-state index in [-0.39, 0.29) is 5.97 Å². The summed E-state index contributed by atoms with van der Waals surface area (Å²) in [6.07, 6.45) is 2.66. The van der Waals surface area contributed by atoms with Crippen LogP contribution in [-0.2, 0) is 11.3 Å². The lowest BCUT2D eigenvalue weighted by molar-refractivity contribution is 0.0522. The van der Waals surface area contributed by atoms with Gasteiger partial charge in [0, 0.05) is 6.54 Å². The second-order valence-electron chi connectivity index (χ2n) is 4.60. The topological polar surface area (TPSA) is 68.7 Å². The van der Waals surface area contributed by atoms with Crippen molar-refractivity contribution in [2.24, 2.45) is 11.7 Å². The van der Waals surface area contributed by atoms with Crippen molar-refractivity contribution in [3.05, 3.63) is 23.7 Å². The van der Waals surface area contributed by atoms with E-state index in [4.69, 9.17) is 14.9 Å². The molecule has 0 aromatic carbocycles. The minimum absolute atomic E-state index is 0.309. The molecule has 0 spiro atoms. The van der Waals surface area contributed by atoms with Crippen LogP contribution in [0, 0.1) is 5.92 Å². The van der Waals surface area contributed by atoms with Crippen molar-refractivity contribution in [3.8, 4) is 0 Å². The van der Waals surface area contributed by atoms with Crippen molar-refractivity contribution < 1.29 is 13.9 Å². The molecule has 2 rings (SSSR count). The summed E-state index contributed by atoms with van der Waals surface area (Å²) < 4.78 is 10.4. The molecule has 18 heavy (non-hydrogen) atoms. The Hall–Kier alpha value is -1.33. The van der Waals surface area contributed by atoms with Crippen LogP contribution in [0.4, 0.5) is 0 Å². The van der Waals surface area contributed by atoms with Gasteiger partial charge in [0.05, 0.1) is 19.4 Å². The molecule has 1 aromatic rings. The Labute approximate surface area is 107 Å². The first-order valence-corrected chi connectivity index (χ1v) is 6.40. The summed E-state index contributed by atoms with van der Waals surface area (Å²) in [4.78, 5) is 14.0. The van der Waals surface area contributed by atoms with Crippen molar-refractivity contribution in [1.29, 1.82) is 0 Å². The smallest absolute Gasteiger partial charge is 0.341 e. The molecule has 1 atom stereocenters. The molecule has 0 amide bonds. The summed E-state index contributed by atoms with van der Waals surface area (Å²) >= 11 is 0. The van der Waals surface area contributed by atoms with Gasteiger partial charge in [-0.1, -0.05) is 0 Å². The quantitative estimate of drug-likeness (QED) is 0.798. The van der Waals surface area contributed by atoms with Gasteiger partial charge < -0.3 is 14.9 Å². The van der Waals surface area contributed by atoms with Crippen LogP contribution in [0.3, 0.4) is 0 Å². The Morgan fingerprint density at radius 2 is 2.50 bits per heavy atom. The third-order valence-corrected chi connectivity index (χ3v) is 3.31. The van der Waals surface area contributed by atoms with Crippen molar-refractivity contribution in [2.75, 3.05) is 26.2 Å². The van der Waals surface area contributed by atoms with E-state index in [1.165, 1.54) is 6.26 Å². The highest BCUT2D eigenvalue weighted by Crippen LogP contribution is 2.20. The monoisotopic (exact) mass is 252 g/mol. The van der Waals surface area contributed by atoms with E-state index in [0.717, 1.165) is 26.1 Å². The molecule has 1 aliphatic heterocycles. The second kappa shape index (κ2) is 6.02. The van der Waals surface area contributed by atoms with E-state index in [1.54, 1.807) is 13.0 Å². The molecule has 1 saturated heterocycles. The van der Waals surface area contributed by atoms with E-state index in [1.807, 2.05) is 0 Å². The first kappa shape index (κ1) is 13.1. The zero-order chi connectivity index (χ0) is 13.0. The van der Waals surface area contributed by atoms with E-state index in [2.05, 4.69) is 4.90 Å². The summed E-state index contributed by atoms with van der Waals surface area (Å²) in [5, 5.41) is 0. The van der Waals surface area contributed by atoms with Crippen LogP contribution in [0.25, 0.3) is 0 Å². The molecule has 0 radical (unpaired) electrons. The average molecular weight is 252 g/mol. The van der Waals surface area contributed by atoms with E-state index >= 15 is 0 Å². The van der Waals surface area contributed by atoms with Gasteiger partial charge in [0.25, 0.3) is 0 Å². The van der Waals surface area contributed by atoms with Crippen LogP contribution in [0.15, 0.2) is 16.7 Å². The van der Waals surface area contributed by atoms with Gasteiger partial charge in [0.15, 0.2) is 0 Å². The molecule has 2 heterocycles. The zero-order valence-corrected chi connectivity index (χ0v) is 10.7. The van der Waals surface area contributed by atoms with Crippen LogP contribution in [0.5, 0.6) is 0 Å². The minimum Gasteiger partial charge on any atom is -0.467 e. The Balaban J connectivity index is 1.98. The number of hydrogen-bond donors (Lipinski definition) is 1. The van der Waals surface area contributed by atoms with Crippen LogP contribution < -0.4 is 5.73 Å². The molecular formula is C13H20N2O3. The number of likely N-dealkylation sites (tertiary alicyclic amines) is 1. The molecule has 1 aliphatic rings. The van der Waals surface area contributed by atoms with Crippen molar-refractivity contribution in [3.63, 3.8) is 0 Å². The number of ether oxygens (including phenoxy) is 1. The number of furan rings is 1. The van der Waals surface area contributed by atoms with Gasteiger partial charge in [-0.05, 0) is 38.4 Å². The Morgan fingerprint density at radius 1 is 1.67 bits per heavy atom. The molecular weight excluding hydrogens is 232 g/mol. The zero-order valence-electron chi connectivity index (χ0n) is 10.7. The van der Waals surface area contributed by atoms with Crippen LogP contribution >= 0.6 is 0 Å². The highest BCUT2D eigenvalue weighted by Gasteiger charge is 2.24. The fraction of sp³-hybridized carbons (Fsp3) is 0.615. The fourth-order valence-corrected chi connectivity index (χ4v) is 2.31. The summed E-state index contributed by atoms with van der Waals surface area (Å²) in [7, 11) is 0. The third kappa shape index (κ3) is 2.91. The first-order chi connectivity index (χ1) is 8.74. The summed E-state index contributed by atoms with van der Waals surface area (Å²) in [5.74, 6) is 0.938. The van der Waals surface area contributed by atoms with Gasteiger partial charge in [-0.15, -0.1) is 0 Å². The number of rotatable bonds is 5. The van der Waals surface area contributed by atoms with Gasteiger partial charge >= 0.3 is 5.97 Å². The predicted octanol–water partition coefficient (Wildman–Crippen LogP) is 1.24. The maximum Gasteiger partial charge on any atom is 0.341 e.